The molecule has 0 saturated carbocycles. The molecule has 1 saturated heterocycles. The molecule has 0 bridgehead atoms. The van der Waals surface area contributed by atoms with Crippen LogP contribution >= 0.6 is 0 Å². The lowest BCUT2D eigenvalue weighted by atomic mass is 10.0. The van der Waals surface area contributed by atoms with E-state index in [1.165, 1.54) is 6.07 Å². The molecular weight excluding hydrogens is 312 g/mol. The first-order chi connectivity index (χ1) is 10.9. The van der Waals surface area contributed by atoms with Gasteiger partial charge in [0.1, 0.15) is 0 Å². The molecule has 1 aromatic rings. The van der Waals surface area contributed by atoms with Gasteiger partial charge in [0.15, 0.2) is 0 Å². The Kier molecular flexibility index (Phi) is 5.93. The van der Waals surface area contributed by atoms with Crippen LogP contribution in [0.25, 0.3) is 0 Å². The Morgan fingerprint density at radius 3 is 2.74 bits per heavy atom. The van der Waals surface area contributed by atoms with Crippen molar-refractivity contribution in [2.75, 3.05) is 0 Å². The Balaban J connectivity index is 1.91. The number of rotatable bonds is 8. The first-order valence-electron chi connectivity index (χ1n) is 7.57. The SMILES string of the molecule is C=C/C=C\C/C=C\C[C@@H]1O[C@@H]1Cc1cc(C)ccc1S(=O)(=O)O. The molecule has 2 atom stereocenters. The maximum Gasteiger partial charge on any atom is 0.294 e. The molecule has 1 N–H and O–H groups in total. The normalized spacial score (nSPS) is 21.1. The van der Waals surface area contributed by atoms with E-state index in [0.717, 1.165) is 18.4 Å². The molecule has 0 aromatic heterocycles. The molecule has 2 rings (SSSR count). The van der Waals surface area contributed by atoms with Crippen molar-refractivity contribution in [1.29, 1.82) is 0 Å². The van der Waals surface area contributed by atoms with Crippen molar-refractivity contribution in [3.63, 3.8) is 0 Å². The first-order valence-corrected chi connectivity index (χ1v) is 9.01. The highest BCUT2D eigenvalue weighted by Crippen LogP contribution is 2.31. The Bertz CT molecular complexity index is 717. The van der Waals surface area contributed by atoms with Gasteiger partial charge in [-0.05, 0) is 31.4 Å². The average molecular weight is 334 g/mol. The predicted molar refractivity (Wildman–Crippen MR) is 91.1 cm³/mol. The standard InChI is InChI=1S/C18H22O4S/c1-3-4-5-6-7-8-9-16-17(22-16)13-15-12-14(2)10-11-18(15)23(19,20)21/h3-5,7-8,10-12,16-17H,1,6,9,13H2,2H3,(H,19,20,21)/b5-4-,8-7-/t16-,17+/m0/s1. The lowest BCUT2D eigenvalue weighted by Crippen LogP contribution is -2.07. The summed E-state index contributed by atoms with van der Waals surface area (Å²) in [6.07, 6.45) is 12.1. The predicted octanol–water partition coefficient (Wildman–Crippen LogP) is 3.63. The largest absolute Gasteiger partial charge is 0.369 e. The van der Waals surface area contributed by atoms with Gasteiger partial charge in [-0.3, -0.25) is 4.55 Å². The van der Waals surface area contributed by atoms with E-state index in [1.807, 2.05) is 19.1 Å². The van der Waals surface area contributed by atoms with Crippen LogP contribution in [0.1, 0.15) is 24.0 Å². The molecule has 1 aromatic carbocycles. The maximum absolute atomic E-state index is 11.4. The number of allylic oxidation sites excluding steroid dienone is 4. The molecule has 1 aliphatic heterocycles. The van der Waals surface area contributed by atoms with Crippen LogP contribution in [0.15, 0.2) is 60.1 Å². The molecular formula is C18H22O4S. The van der Waals surface area contributed by atoms with Crippen molar-refractivity contribution in [1.82, 2.24) is 0 Å². The van der Waals surface area contributed by atoms with Crippen LogP contribution < -0.4 is 0 Å². The van der Waals surface area contributed by atoms with E-state index < -0.39 is 10.1 Å². The van der Waals surface area contributed by atoms with Gasteiger partial charge >= 0.3 is 0 Å². The van der Waals surface area contributed by atoms with Crippen LogP contribution in [0.2, 0.25) is 0 Å². The third-order valence-corrected chi connectivity index (χ3v) is 4.64. The first kappa shape index (κ1) is 17.7. The quantitative estimate of drug-likeness (QED) is 0.341. The Morgan fingerprint density at radius 2 is 2.04 bits per heavy atom. The summed E-state index contributed by atoms with van der Waals surface area (Å²) >= 11 is 0. The highest BCUT2D eigenvalue weighted by atomic mass is 32.2. The number of hydrogen-bond acceptors (Lipinski definition) is 3. The summed E-state index contributed by atoms with van der Waals surface area (Å²) in [5, 5.41) is 0. The average Bonchev–Trinajstić information content (AvgIpc) is 3.19. The van der Waals surface area contributed by atoms with Gasteiger partial charge in [-0.15, -0.1) is 0 Å². The summed E-state index contributed by atoms with van der Waals surface area (Å²) in [7, 11) is -4.20. The minimum atomic E-state index is -4.20. The number of ether oxygens (including phenoxy) is 1. The third-order valence-electron chi connectivity index (χ3n) is 3.68. The zero-order chi connectivity index (χ0) is 16.9. The molecule has 5 heteroatoms. The van der Waals surface area contributed by atoms with Crippen molar-refractivity contribution < 1.29 is 17.7 Å². The smallest absolute Gasteiger partial charge is 0.294 e. The summed E-state index contributed by atoms with van der Waals surface area (Å²) in [4.78, 5) is -0.0255. The second-order valence-electron chi connectivity index (χ2n) is 5.61. The summed E-state index contributed by atoms with van der Waals surface area (Å²) in [6, 6.07) is 4.92. The van der Waals surface area contributed by atoms with Gasteiger partial charge in [-0.25, -0.2) is 0 Å². The molecule has 0 unspecified atom stereocenters. The van der Waals surface area contributed by atoms with E-state index in [0.29, 0.717) is 12.0 Å². The third kappa shape index (κ3) is 5.46. The van der Waals surface area contributed by atoms with E-state index in [4.69, 9.17) is 4.74 Å². The van der Waals surface area contributed by atoms with Crippen molar-refractivity contribution in [2.45, 2.75) is 43.3 Å². The van der Waals surface area contributed by atoms with Gasteiger partial charge < -0.3 is 4.74 Å². The van der Waals surface area contributed by atoms with Gasteiger partial charge in [0.05, 0.1) is 17.1 Å². The second kappa shape index (κ2) is 7.73. The topological polar surface area (TPSA) is 66.9 Å². The van der Waals surface area contributed by atoms with Crippen LogP contribution in [0, 0.1) is 6.92 Å². The minimum absolute atomic E-state index is 0.00525. The van der Waals surface area contributed by atoms with Crippen molar-refractivity contribution in [3.05, 3.63) is 66.3 Å². The Labute approximate surface area is 137 Å². The monoisotopic (exact) mass is 334 g/mol. The highest BCUT2D eigenvalue weighted by Gasteiger charge is 2.38. The molecule has 1 heterocycles. The molecule has 0 aliphatic carbocycles. The summed E-state index contributed by atoms with van der Waals surface area (Å²) in [5.41, 5.74) is 1.57. The lowest BCUT2D eigenvalue weighted by Gasteiger charge is -2.06. The summed E-state index contributed by atoms with van der Waals surface area (Å²) < 4.78 is 37.8. The zero-order valence-electron chi connectivity index (χ0n) is 13.2. The Hall–Kier alpha value is -1.69. The van der Waals surface area contributed by atoms with Crippen LogP contribution in [0.5, 0.6) is 0 Å². The Morgan fingerprint density at radius 1 is 1.26 bits per heavy atom. The van der Waals surface area contributed by atoms with E-state index in [9.17, 15) is 13.0 Å². The minimum Gasteiger partial charge on any atom is -0.369 e. The lowest BCUT2D eigenvalue weighted by molar-refractivity contribution is 0.369. The van der Waals surface area contributed by atoms with Crippen molar-refractivity contribution in [2.24, 2.45) is 0 Å². The molecule has 23 heavy (non-hydrogen) atoms. The van der Waals surface area contributed by atoms with Crippen LogP contribution in [0.3, 0.4) is 0 Å². The fourth-order valence-corrected chi connectivity index (χ4v) is 3.20. The maximum atomic E-state index is 11.4. The van der Waals surface area contributed by atoms with Gasteiger partial charge in [0, 0.05) is 6.42 Å². The highest BCUT2D eigenvalue weighted by molar-refractivity contribution is 7.85. The molecule has 4 nitrogen and oxygen atoms in total. The second-order valence-corrected chi connectivity index (χ2v) is 7.00. The number of hydrogen-bond donors (Lipinski definition) is 1. The van der Waals surface area contributed by atoms with E-state index >= 15 is 0 Å². The van der Waals surface area contributed by atoms with Gasteiger partial charge in [-0.2, -0.15) is 8.42 Å². The molecule has 0 spiro atoms. The van der Waals surface area contributed by atoms with Gasteiger partial charge in [-0.1, -0.05) is 54.7 Å². The van der Waals surface area contributed by atoms with Crippen LogP contribution in [-0.4, -0.2) is 25.2 Å². The van der Waals surface area contributed by atoms with E-state index in [1.54, 1.807) is 18.2 Å². The molecule has 0 radical (unpaired) electrons. The fourth-order valence-electron chi connectivity index (χ4n) is 2.48. The molecule has 1 aliphatic rings. The summed E-state index contributed by atoms with van der Waals surface area (Å²) in [6.45, 7) is 5.50. The zero-order valence-corrected chi connectivity index (χ0v) is 14.0. The fraction of sp³-hybridized carbons (Fsp3) is 0.333. The number of epoxide rings is 1. The summed E-state index contributed by atoms with van der Waals surface area (Å²) in [5.74, 6) is 0. The number of benzene rings is 1. The number of aryl methyl sites for hydroxylation is 1. The van der Waals surface area contributed by atoms with Crippen LogP contribution in [0.4, 0.5) is 0 Å². The van der Waals surface area contributed by atoms with Gasteiger partial charge in [0.25, 0.3) is 10.1 Å². The van der Waals surface area contributed by atoms with Crippen molar-refractivity contribution >= 4 is 10.1 Å². The van der Waals surface area contributed by atoms with Gasteiger partial charge in [0.2, 0.25) is 0 Å². The van der Waals surface area contributed by atoms with E-state index in [2.05, 4.69) is 18.7 Å². The van der Waals surface area contributed by atoms with Crippen molar-refractivity contribution in [3.8, 4) is 0 Å². The molecule has 1 fully saturated rings. The van der Waals surface area contributed by atoms with E-state index in [-0.39, 0.29) is 17.1 Å². The molecule has 0 amide bonds. The molecule has 124 valence electrons. The van der Waals surface area contributed by atoms with Crippen LogP contribution in [-0.2, 0) is 21.3 Å².